The second kappa shape index (κ2) is 6.56. The molecule has 2 aromatic rings. The topological polar surface area (TPSA) is 12.0 Å². The highest BCUT2D eigenvalue weighted by molar-refractivity contribution is 7.12. The summed E-state index contributed by atoms with van der Waals surface area (Å²) in [4.78, 5) is 2.79. The van der Waals surface area contributed by atoms with Crippen LogP contribution in [0.3, 0.4) is 0 Å². The van der Waals surface area contributed by atoms with Crippen molar-refractivity contribution in [3.8, 4) is 0 Å². The number of rotatable bonds is 5. The molecule has 0 saturated carbocycles. The van der Waals surface area contributed by atoms with Crippen LogP contribution in [0.15, 0.2) is 30.3 Å². The van der Waals surface area contributed by atoms with E-state index >= 15 is 0 Å². The van der Waals surface area contributed by atoms with Gasteiger partial charge in [-0.3, -0.25) is 0 Å². The van der Waals surface area contributed by atoms with Crippen LogP contribution < -0.4 is 5.32 Å². The highest BCUT2D eigenvalue weighted by Crippen LogP contribution is 2.30. The molecule has 0 radical (unpaired) electrons. The van der Waals surface area contributed by atoms with Gasteiger partial charge < -0.3 is 5.32 Å². The Labute approximate surface area is 124 Å². The van der Waals surface area contributed by atoms with E-state index in [9.17, 15) is 0 Å². The van der Waals surface area contributed by atoms with Crippen LogP contribution in [0.5, 0.6) is 0 Å². The lowest BCUT2D eigenvalue weighted by Gasteiger charge is -2.17. The van der Waals surface area contributed by atoms with E-state index in [0.717, 1.165) is 23.6 Å². The van der Waals surface area contributed by atoms with E-state index in [4.69, 9.17) is 11.6 Å². The summed E-state index contributed by atoms with van der Waals surface area (Å²) in [6, 6.07) is 11.0. The lowest BCUT2D eigenvalue weighted by molar-refractivity contribution is 0.639. The summed E-state index contributed by atoms with van der Waals surface area (Å²) in [5.74, 6) is 0. The Morgan fingerprint density at radius 1 is 1.21 bits per heavy atom. The van der Waals surface area contributed by atoms with E-state index in [-0.39, 0.29) is 6.04 Å². The number of halogens is 1. The van der Waals surface area contributed by atoms with Crippen molar-refractivity contribution in [1.29, 1.82) is 0 Å². The van der Waals surface area contributed by atoms with Gasteiger partial charge in [-0.2, -0.15) is 0 Å². The molecule has 1 N–H and O–H groups in total. The lowest BCUT2D eigenvalue weighted by Crippen LogP contribution is -2.21. The fourth-order valence-electron chi connectivity index (χ4n) is 2.12. The minimum Gasteiger partial charge on any atom is -0.306 e. The first-order valence-electron chi connectivity index (χ1n) is 6.73. The van der Waals surface area contributed by atoms with Crippen molar-refractivity contribution in [3.05, 3.63) is 56.2 Å². The molecule has 0 spiro atoms. The van der Waals surface area contributed by atoms with E-state index in [1.165, 1.54) is 15.3 Å². The summed E-state index contributed by atoms with van der Waals surface area (Å²) in [7, 11) is 0. The van der Waals surface area contributed by atoms with Gasteiger partial charge >= 0.3 is 0 Å². The van der Waals surface area contributed by atoms with Crippen molar-refractivity contribution in [2.24, 2.45) is 0 Å². The Kier molecular flexibility index (Phi) is 5.03. The zero-order valence-corrected chi connectivity index (χ0v) is 13.2. The highest BCUT2D eigenvalue weighted by Gasteiger charge is 2.15. The Hall–Kier alpha value is -0.830. The van der Waals surface area contributed by atoms with Gasteiger partial charge in [0.2, 0.25) is 0 Å². The van der Waals surface area contributed by atoms with Gasteiger partial charge in [0.15, 0.2) is 0 Å². The average molecular weight is 294 g/mol. The third-order valence-electron chi connectivity index (χ3n) is 3.25. The molecule has 0 fully saturated rings. The number of hydrogen-bond donors (Lipinski definition) is 1. The first-order valence-corrected chi connectivity index (χ1v) is 7.93. The molecule has 1 aromatic carbocycles. The lowest BCUT2D eigenvalue weighted by atomic mass is 10.0. The molecular formula is C16H20ClNS. The molecule has 102 valence electrons. The zero-order valence-electron chi connectivity index (χ0n) is 11.7. The molecule has 0 bridgehead atoms. The summed E-state index contributed by atoms with van der Waals surface area (Å²) in [6.45, 7) is 7.31. The third-order valence-corrected chi connectivity index (χ3v) is 4.95. The number of benzene rings is 1. The molecule has 1 aromatic heterocycles. The van der Waals surface area contributed by atoms with Gasteiger partial charge in [0, 0.05) is 14.8 Å². The van der Waals surface area contributed by atoms with Crippen LogP contribution in [-0.2, 0) is 6.42 Å². The smallest absolute Gasteiger partial charge is 0.0671 e. The maximum atomic E-state index is 6.25. The Balaban J connectivity index is 2.35. The van der Waals surface area contributed by atoms with Crippen molar-refractivity contribution in [1.82, 2.24) is 5.32 Å². The van der Waals surface area contributed by atoms with Crippen molar-refractivity contribution in [2.75, 3.05) is 6.54 Å². The molecule has 3 heteroatoms. The van der Waals surface area contributed by atoms with Crippen molar-refractivity contribution >= 4 is 22.9 Å². The van der Waals surface area contributed by atoms with Crippen LogP contribution in [0.4, 0.5) is 0 Å². The number of hydrogen-bond acceptors (Lipinski definition) is 2. The van der Waals surface area contributed by atoms with Gasteiger partial charge in [0.1, 0.15) is 0 Å². The molecule has 0 aliphatic heterocycles. The average Bonchev–Trinajstić information content (AvgIpc) is 2.88. The minimum atomic E-state index is 0.244. The molecule has 1 nitrogen and oxygen atoms in total. The molecule has 2 rings (SSSR count). The second-order valence-electron chi connectivity index (χ2n) is 4.66. The largest absolute Gasteiger partial charge is 0.306 e. The molecular weight excluding hydrogens is 274 g/mol. The van der Waals surface area contributed by atoms with E-state index in [1.807, 2.05) is 18.3 Å². The zero-order chi connectivity index (χ0) is 13.8. The normalized spacial score (nSPS) is 12.6. The monoisotopic (exact) mass is 293 g/mol. The Morgan fingerprint density at radius 3 is 2.58 bits per heavy atom. The van der Waals surface area contributed by atoms with Crippen LogP contribution in [0.1, 0.15) is 40.8 Å². The van der Waals surface area contributed by atoms with Gasteiger partial charge in [-0.1, -0.05) is 37.6 Å². The number of thiophene rings is 1. The highest BCUT2D eigenvalue weighted by atomic mass is 35.5. The van der Waals surface area contributed by atoms with Crippen molar-refractivity contribution in [3.63, 3.8) is 0 Å². The van der Waals surface area contributed by atoms with E-state index < -0.39 is 0 Å². The van der Waals surface area contributed by atoms with E-state index in [2.05, 4.69) is 49.5 Å². The van der Waals surface area contributed by atoms with Gasteiger partial charge in [0.05, 0.1) is 6.04 Å². The van der Waals surface area contributed by atoms with Crippen LogP contribution >= 0.6 is 22.9 Å². The summed E-state index contributed by atoms with van der Waals surface area (Å²) in [5.41, 5.74) is 2.36. The predicted octanol–water partition coefficient (Wildman–Crippen LogP) is 4.97. The molecule has 0 aliphatic carbocycles. The van der Waals surface area contributed by atoms with Crippen molar-refractivity contribution in [2.45, 2.75) is 33.2 Å². The number of aryl methyl sites for hydroxylation is 2. The fourth-order valence-corrected chi connectivity index (χ4v) is 3.36. The first kappa shape index (κ1) is 14.6. The van der Waals surface area contributed by atoms with E-state index in [0.29, 0.717) is 0 Å². The van der Waals surface area contributed by atoms with Crippen molar-refractivity contribution < 1.29 is 0 Å². The maximum absolute atomic E-state index is 6.25. The Morgan fingerprint density at radius 2 is 2.00 bits per heavy atom. The van der Waals surface area contributed by atoms with Crippen LogP contribution in [-0.4, -0.2) is 6.54 Å². The summed E-state index contributed by atoms with van der Waals surface area (Å²) in [6.07, 6.45) is 1.10. The third kappa shape index (κ3) is 3.38. The SMILES string of the molecule is CCNC(c1ccc(C)c(Cl)c1)c1ccc(CC)s1. The molecule has 1 heterocycles. The maximum Gasteiger partial charge on any atom is 0.0671 e. The molecule has 1 unspecified atom stereocenters. The van der Waals surface area contributed by atoms with Gasteiger partial charge in [-0.25, -0.2) is 0 Å². The Bertz CT molecular complexity index is 547. The van der Waals surface area contributed by atoms with Gasteiger partial charge in [-0.05, 0) is 49.2 Å². The quantitative estimate of drug-likeness (QED) is 0.820. The standard InChI is InChI=1S/C16H20ClNS/c1-4-13-8-9-15(19-13)16(18-5-2)12-7-6-11(3)14(17)10-12/h6-10,16,18H,4-5H2,1-3H3. The van der Waals surface area contributed by atoms with Gasteiger partial charge in [0.25, 0.3) is 0 Å². The van der Waals surface area contributed by atoms with E-state index in [1.54, 1.807) is 0 Å². The summed E-state index contributed by atoms with van der Waals surface area (Å²) in [5, 5.41) is 4.39. The second-order valence-corrected chi connectivity index (χ2v) is 6.26. The molecule has 19 heavy (non-hydrogen) atoms. The van der Waals surface area contributed by atoms with Crippen LogP contribution in [0.2, 0.25) is 5.02 Å². The summed E-state index contributed by atoms with van der Waals surface area (Å²) < 4.78 is 0. The fraction of sp³-hybridized carbons (Fsp3) is 0.375. The molecule has 0 amide bonds. The molecule has 0 aliphatic rings. The molecule has 1 atom stereocenters. The van der Waals surface area contributed by atoms with Gasteiger partial charge in [-0.15, -0.1) is 11.3 Å². The number of nitrogens with one attached hydrogen (secondary N) is 1. The van der Waals surface area contributed by atoms with Crippen LogP contribution in [0.25, 0.3) is 0 Å². The summed E-state index contributed by atoms with van der Waals surface area (Å²) >= 11 is 8.13. The first-order chi connectivity index (χ1) is 9.15. The minimum absolute atomic E-state index is 0.244. The van der Waals surface area contributed by atoms with Crippen LogP contribution in [0, 0.1) is 6.92 Å². The molecule has 0 saturated heterocycles. The predicted molar refractivity (Wildman–Crippen MR) is 85.4 cm³/mol.